The first-order chi connectivity index (χ1) is 15.1. The predicted molar refractivity (Wildman–Crippen MR) is 130 cm³/mol. The van der Waals surface area contributed by atoms with Crippen LogP contribution >= 0.6 is 11.3 Å². The van der Waals surface area contributed by atoms with Gasteiger partial charge in [-0.1, -0.05) is 30.3 Å². The van der Waals surface area contributed by atoms with Gasteiger partial charge >= 0.3 is 0 Å². The minimum Gasteiger partial charge on any atom is -0.437 e. The van der Waals surface area contributed by atoms with Gasteiger partial charge in [0, 0.05) is 38.0 Å². The van der Waals surface area contributed by atoms with E-state index in [0.29, 0.717) is 5.71 Å². The zero-order valence-corrected chi connectivity index (χ0v) is 18.4. The molecule has 150 valence electrons. The van der Waals surface area contributed by atoms with Crippen molar-refractivity contribution in [2.45, 2.75) is 20.8 Å². The van der Waals surface area contributed by atoms with Gasteiger partial charge < -0.3 is 4.42 Å². The van der Waals surface area contributed by atoms with Crippen LogP contribution in [0.1, 0.15) is 16.8 Å². The van der Waals surface area contributed by atoms with Gasteiger partial charge in [-0.05, 0) is 62.7 Å². The molecule has 0 spiro atoms. The van der Waals surface area contributed by atoms with E-state index in [-0.39, 0.29) is 0 Å². The molecule has 6 aromatic rings. The Morgan fingerprint density at radius 3 is 2.48 bits per heavy atom. The van der Waals surface area contributed by atoms with Crippen LogP contribution in [0, 0.1) is 20.8 Å². The third-order valence-electron chi connectivity index (χ3n) is 5.89. The molecule has 0 saturated heterocycles. The van der Waals surface area contributed by atoms with E-state index in [1.54, 1.807) is 11.3 Å². The third kappa shape index (κ3) is 2.87. The molecule has 0 N–H and O–H groups in total. The molecule has 4 heterocycles. The highest BCUT2D eigenvalue weighted by Crippen LogP contribution is 2.41. The summed E-state index contributed by atoms with van der Waals surface area (Å²) < 4.78 is 7.40. The number of benzene rings is 2. The van der Waals surface area contributed by atoms with Crippen molar-refractivity contribution < 1.29 is 4.42 Å². The van der Waals surface area contributed by atoms with Crippen LogP contribution in [0.3, 0.4) is 0 Å². The minimum absolute atomic E-state index is 0.708. The van der Waals surface area contributed by atoms with Crippen LogP contribution in [0.25, 0.3) is 54.0 Å². The number of hydrogen-bond acceptors (Lipinski definition) is 4. The van der Waals surface area contributed by atoms with Gasteiger partial charge in [0.2, 0.25) is 5.71 Å². The van der Waals surface area contributed by atoms with Gasteiger partial charge in [0.25, 0.3) is 0 Å². The van der Waals surface area contributed by atoms with Crippen LogP contribution in [0.15, 0.2) is 71.1 Å². The van der Waals surface area contributed by atoms with Crippen molar-refractivity contribution in [3.05, 3.63) is 83.6 Å². The van der Waals surface area contributed by atoms with Gasteiger partial charge in [-0.25, -0.2) is 9.97 Å². The quantitative estimate of drug-likeness (QED) is 0.286. The van der Waals surface area contributed by atoms with Crippen molar-refractivity contribution >= 4 is 43.6 Å². The summed E-state index contributed by atoms with van der Waals surface area (Å²) in [4.78, 5) is 10.7. The topological polar surface area (TPSA) is 38.9 Å². The summed E-state index contributed by atoms with van der Waals surface area (Å²) in [6, 6.07) is 23.2. The first-order valence-electron chi connectivity index (χ1n) is 10.3. The second kappa shape index (κ2) is 6.76. The van der Waals surface area contributed by atoms with Gasteiger partial charge in [0.15, 0.2) is 0 Å². The fourth-order valence-corrected chi connectivity index (χ4v) is 5.57. The zero-order valence-electron chi connectivity index (χ0n) is 17.6. The summed E-state index contributed by atoms with van der Waals surface area (Å²) in [6.45, 7) is 6.31. The Morgan fingerprint density at radius 1 is 0.806 bits per heavy atom. The number of aryl methyl sites for hydroxylation is 3. The van der Waals surface area contributed by atoms with Crippen molar-refractivity contribution in [1.29, 1.82) is 0 Å². The molecular weight excluding hydrogens is 400 g/mol. The summed E-state index contributed by atoms with van der Waals surface area (Å²) in [5, 5.41) is 2.20. The molecule has 0 saturated carbocycles. The van der Waals surface area contributed by atoms with Gasteiger partial charge in [0.05, 0.1) is 15.9 Å². The Bertz CT molecular complexity index is 1610. The normalized spacial score (nSPS) is 11.7. The van der Waals surface area contributed by atoms with E-state index in [9.17, 15) is 0 Å². The molecular formula is C27H20N2OS. The lowest BCUT2D eigenvalue weighted by Crippen LogP contribution is -1.87. The number of rotatable bonds is 2. The van der Waals surface area contributed by atoms with Gasteiger partial charge in [-0.3, -0.25) is 0 Å². The maximum Gasteiger partial charge on any atom is 0.227 e. The van der Waals surface area contributed by atoms with E-state index >= 15 is 0 Å². The summed E-state index contributed by atoms with van der Waals surface area (Å²) >= 11 is 1.78. The average Bonchev–Trinajstić information content (AvgIpc) is 3.35. The van der Waals surface area contributed by atoms with Crippen LogP contribution in [0.5, 0.6) is 0 Å². The maximum absolute atomic E-state index is 6.21. The number of pyridine rings is 2. The fourth-order valence-electron chi connectivity index (χ4n) is 4.41. The molecule has 4 aromatic heterocycles. The molecule has 0 unspecified atom stereocenters. The van der Waals surface area contributed by atoms with Gasteiger partial charge in [-0.2, -0.15) is 0 Å². The summed E-state index contributed by atoms with van der Waals surface area (Å²) in [7, 11) is 0. The molecule has 2 aromatic carbocycles. The molecule has 31 heavy (non-hydrogen) atoms. The monoisotopic (exact) mass is 420 g/mol. The van der Waals surface area contributed by atoms with Gasteiger partial charge in [-0.15, -0.1) is 11.3 Å². The number of nitrogens with zero attached hydrogens (tertiary/aromatic N) is 2. The van der Waals surface area contributed by atoms with E-state index in [1.165, 1.54) is 20.7 Å². The third-order valence-corrected chi connectivity index (χ3v) is 7.00. The molecule has 4 heteroatoms. The largest absolute Gasteiger partial charge is 0.437 e. The highest BCUT2D eigenvalue weighted by atomic mass is 32.1. The Balaban J connectivity index is 1.54. The first-order valence-corrected chi connectivity index (χ1v) is 11.2. The number of fused-ring (bicyclic) bond motifs is 4. The molecule has 0 atom stereocenters. The average molecular weight is 421 g/mol. The predicted octanol–water partition coefficient (Wildman–Crippen LogP) is 7.85. The Morgan fingerprint density at radius 2 is 1.65 bits per heavy atom. The SMILES string of the molecule is Cc1ccc2c(n1)oc1c(C)c(-c3cc4nc(-c5ccccc5)ccc4s3)c(C)cc12. The number of furan rings is 1. The van der Waals surface area contributed by atoms with Crippen molar-refractivity contribution in [3.63, 3.8) is 0 Å². The molecule has 0 aliphatic carbocycles. The van der Waals surface area contributed by atoms with Crippen molar-refractivity contribution in [2.24, 2.45) is 0 Å². The lowest BCUT2D eigenvalue weighted by atomic mass is 9.98. The Labute approximate surface area is 184 Å². The molecule has 0 radical (unpaired) electrons. The molecule has 6 rings (SSSR count). The number of aromatic nitrogens is 2. The second-order valence-corrected chi connectivity index (χ2v) is 9.12. The number of thiophene rings is 1. The smallest absolute Gasteiger partial charge is 0.227 e. The van der Waals surface area contributed by atoms with E-state index in [2.05, 4.69) is 61.3 Å². The summed E-state index contributed by atoms with van der Waals surface area (Å²) in [5.74, 6) is 0. The van der Waals surface area contributed by atoms with Gasteiger partial charge in [0.1, 0.15) is 5.58 Å². The van der Waals surface area contributed by atoms with Crippen molar-refractivity contribution in [3.8, 4) is 21.7 Å². The van der Waals surface area contributed by atoms with E-state index in [0.717, 1.165) is 44.4 Å². The number of hydrogen-bond donors (Lipinski definition) is 0. The van der Waals surface area contributed by atoms with E-state index < -0.39 is 0 Å². The fraction of sp³-hybridized carbons (Fsp3) is 0.111. The molecule has 0 bridgehead atoms. The van der Waals surface area contributed by atoms with Crippen LogP contribution in [0.4, 0.5) is 0 Å². The van der Waals surface area contributed by atoms with Crippen LogP contribution in [-0.2, 0) is 0 Å². The highest BCUT2D eigenvalue weighted by Gasteiger charge is 2.18. The Hall–Kier alpha value is -3.50. The molecule has 0 aliphatic heterocycles. The minimum atomic E-state index is 0.708. The summed E-state index contributed by atoms with van der Waals surface area (Å²) in [5.41, 5.74) is 9.38. The maximum atomic E-state index is 6.21. The lowest BCUT2D eigenvalue weighted by molar-refractivity contribution is 0.650. The lowest BCUT2D eigenvalue weighted by Gasteiger charge is -2.08. The van der Waals surface area contributed by atoms with Crippen molar-refractivity contribution in [1.82, 2.24) is 9.97 Å². The molecule has 3 nitrogen and oxygen atoms in total. The van der Waals surface area contributed by atoms with Crippen LogP contribution < -0.4 is 0 Å². The van der Waals surface area contributed by atoms with E-state index in [4.69, 9.17) is 9.40 Å². The highest BCUT2D eigenvalue weighted by molar-refractivity contribution is 7.22. The second-order valence-electron chi connectivity index (χ2n) is 8.03. The molecule has 0 fully saturated rings. The summed E-state index contributed by atoms with van der Waals surface area (Å²) in [6.07, 6.45) is 0. The molecule has 0 amide bonds. The standard InChI is InChI=1S/C27H20N2OS/c1-15-13-20-19-10-9-16(2)28-27(19)30-26(20)17(3)25(15)24-14-22-23(31-24)12-11-21(29-22)18-7-5-4-6-8-18/h4-14H,1-3H3. The molecule has 0 aliphatic rings. The van der Waals surface area contributed by atoms with Crippen LogP contribution in [0.2, 0.25) is 0 Å². The first kappa shape index (κ1) is 18.3. The van der Waals surface area contributed by atoms with E-state index in [1.807, 2.05) is 31.2 Å². The van der Waals surface area contributed by atoms with Crippen LogP contribution in [-0.4, -0.2) is 9.97 Å². The van der Waals surface area contributed by atoms with Crippen molar-refractivity contribution in [2.75, 3.05) is 0 Å². The zero-order chi connectivity index (χ0) is 21.1. The Kier molecular flexibility index (Phi) is 3.99.